The molecule has 0 fully saturated rings. The van der Waals surface area contributed by atoms with Crippen LogP contribution in [-0.4, -0.2) is 26.2 Å². The zero-order valence-electron chi connectivity index (χ0n) is 8.13. The van der Waals surface area contributed by atoms with Crippen LogP contribution in [0.3, 0.4) is 0 Å². The molecule has 0 saturated heterocycles. The summed E-state index contributed by atoms with van der Waals surface area (Å²) in [6.45, 7) is 3.02. The van der Waals surface area contributed by atoms with E-state index in [9.17, 15) is 9.59 Å². The van der Waals surface area contributed by atoms with Crippen molar-refractivity contribution in [2.45, 2.75) is 13.8 Å². The molecule has 0 spiro atoms. The second-order valence-electron chi connectivity index (χ2n) is 2.36. The third-order valence-electron chi connectivity index (χ3n) is 1.36. The molecule has 0 N–H and O–H groups in total. The highest BCUT2D eigenvalue weighted by Gasteiger charge is 2.05. The summed E-state index contributed by atoms with van der Waals surface area (Å²) in [4.78, 5) is 21.7. The van der Waals surface area contributed by atoms with Gasteiger partial charge in [0.1, 0.15) is 0 Å². The molecule has 4 heteroatoms. The van der Waals surface area contributed by atoms with Crippen molar-refractivity contribution in [1.82, 2.24) is 0 Å². The van der Waals surface area contributed by atoms with E-state index in [0.717, 1.165) is 0 Å². The maximum absolute atomic E-state index is 10.9. The summed E-state index contributed by atoms with van der Waals surface area (Å²) < 4.78 is 8.84. The molecular weight excluding hydrogens is 172 g/mol. The van der Waals surface area contributed by atoms with E-state index in [1.165, 1.54) is 28.1 Å². The van der Waals surface area contributed by atoms with Gasteiger partial charge in [-0.3, -0.25) is 0 Å². The fourth-order valence-corrected chi connectivity index (χ4v) is 0.689. The Morgan fingerprint density at radius 1 is 0.923 bits per heavy atom. The third-order valence-corrected chi connectivity index (χ3v) is 1.36. The first-order valence-corrected chi connectivity index (χ1v) is 3.63. The summed E-state index contributed by atoms with van der Waals surface area (Å²) in [7, 11) is 2.53. The average molecular weight is 184 g/mol. The van der Waals surface area contributed by atoms with E-state index < -0.39 is 11.9 Å². The van der Waals surface area contributed by atoms with Gasteiger partial charge in [-0.15, -0.1) is 0 Å². The number of hydrogen-bond acceptors (Lipinski definition) is 4. The van der Waals surface area contributed by atoms with Crippen LogP contribution < -0.4 is 0 Å². The molecule has 0 rings (SSSR count). The molecule has 0 atom stereocenters. The lowest BCUT2D eigenvalue weighted by Crippen LogP contribution is -2.03. The molecule has 4 nitrogen and oxygen atoms in total. The zero-order chi connectivity index (χ0) is 10.4. The van der Waals surface area contributed by atoms with Gasteiger partial charge in [-0.1, -0.05) is 5.73 Å². The van der Waals surface area contributed by atoms with Crippen LogP contribution in [0.5, 0.6) is 0 Å². The maximum Gasteiger partial charge on any atom is 0.341 e. The van der Waals surface area contributed by atoms with Gasteiger partial charge in [-0.05, 0) is 13.8 Å². The predicted octanol–water partition coefficient (Wildman–Crippen LogP) is 0.824. The number of hydrogen-bond donors (Lipinski definition) is 0. The van der Waals surface area contributed by atoms with Crippen LogP contribution in [0.1, 0.15) is 13.8 Å². The van der Waals surface area contributed by atoms with E-state index in [0.29, 0.717) is 0 Å². The Morgan fingerprint density at radius 3 is 1.46 bits per heavy atom. The minimum absolute atomic E-state index is 0.241. The Kier molecular flexibility index (Phi) is 4.55. The lowest BCUT2D eigenvalue weighted by Gasteiger charge is -1.96. The van der Waals surface area contributed by atoms with Gasteiger partial charge >= 0.3 is 11.9 Å². The van der Waals surface area contributed by atoms with E-state index in [1.807, 2.05) is 0 Å². The molecule has 0 unspecified atom stereocenters. The molecule has 0 aliphatic rings. The number of ether oxygens (including phenoxy) is 2. The fraction of sp³-hybridized carbons (Fsp3) is 0.444. The molecule has 13 heavy (non-hydrogen) atoms. The minimum atomic E-state index is -0.511. The lowest BCUT2D eigenvalue weighted by atomic mass is 10.2. The van der Waals surface area contributed by atoms with E-state index in [-0.39, 0.29) is 11.1 Å². The van der Waals surface area contributed by atoms with Crippen molar-refractivity contribution in [3.05, 3.63) is 16.9 Å². The van der Waals surface area contributed by atoms with E-state index in [2.05, 4.69) is 15.2 Å². The van der Waals surface area contributed by atoms with Gasteiger partial charge in [-0.25, -0.2) is 9.59 Å². The zero-order valence-corrected chi connectivity index (χ0v) is 8.13. The lowest BCUT2D eigenvalue weighted by molar-refractivity contribution is -0.136. The van der Waals surface area contributed by atoms with Crippen molar-refractivity contribution in [2.75, 3.05) is 14.2 Å². The number of esters is 2. The van der Waals surface area contributed by atoms with Crippen molar-refractivity contribution >= 4 is 11.9 Å². The largest absolute Gasteiger partial charge is 0.465 e. The summed E-state index contributed by atoms with van der Waals surface area (Å²) in [5.74, 6) is -1.02. The Morgan fingerprint density at radius 2 is 1.23 bits per heavy atom. The molecule has 0 saturated carbocycles. The SMILES string of the molecule is COC(=O)C(C)=C=C(C)C(=O)OC. The smallest absolute Gasteiger partial charge is 0.341 e. The van der Waals surface area contributed by atoms with Crippen molar-refractivity contribution in [1.29, 1.82) is 0 Å². The van der Waals surface area contributed by atoms with Crippen LogP contribution in [0.2, 0.25) is 0 Å². The molecule has 0 aliphatic heterocycles. The summed E-state index contributed by atoms with van der Waals surface area (Å²) in [6.07, 6.45) is 0. The monoisotopic (exact) mass is 184 g/mol. The quantitative estimate of drug-likeness (QED) is 0.362. The first-order chi connectivity index (χ1) is 6.02. The molecule has 0 heterocycles. The molecule has 0 aromatic rings. The van der Waals surface area contributed by atoms with Crippen molar-refractivity contribution < 1.29 is 19.1 Å². The van der Waals surface area contributed by atoms with Crippen LogP contribution >= 0.6 is 0 Å². The topological polar surface area (TPSA) is 52.6 Å². The van der Waals surface area contributed by atoms with E-state index in [1.54, 1.807) is 0 Å². The minimum Gasteiger partial charge on any atom is -0.465 e. The summed E-state index contributed by atoms with van der Waals surface area (Å²) in [6, 6.07) is 0. The second-order valence-corrected chi connectivity index (χ2v) is 2.36. The molecule has 0 radical (unpaired) electrons. The first kappa shape index (κ1) is 11.5. The molecule has 0 aromatic carbocycles. The first-order valence-electron chi connectivity index (χ1n) is 3.63. The van der Waals surface area contributed by atoms with Crippen molar-refractivity contribution in [3.8, 4) is 0 Å². The Bertz CT molecular complexity index is 256. The molecule has 0 amide bonds. The third kappa shape index (κ3) is 3.58. The molecule has 0 bridgehead atoms. The van der Waals surface area contributed by atoms with Gasteiger partial charge in [0.25, 0.3) is 0 Å². The standard InChI is InChI=1S/C9H12O4/c1-6(8(10)12-3)5-7(2)9(11)13-4/h1-4H3. The highest BCUT2D eigenvalue weighted by molar-refractivity contribution is 5.91. The normalized spacial score (nSPS) is 8.31. The number of carbonyl (C=O) groups is 2. The summed E-state index contributed by atoms with van der Waals surface area (Å²) in [5, 5.41) is 0. The van der Waals surface area contributed by atoms with Crippen LogP contribution in [0.15, 0.2) is 16.9 Å². The molecule has 0 aliphatic carbocycles. The van der Waals surface area contributed by atoms with Gasteiger partial charge in [-0.2, -0.15) is 0 Å². The van der Waals surface area contributed by atoms with Gasteiger partial charge in [0.2, 0.25) is 0 Å². The van der Waals surface area contributed by atoms with Gasteiger partial charge in [0.05, 0.1) is 25.4 Å². The highest BCUT2D eigenvalue weighted by Crippen LogP contribution is 1.98. The second kappa shape index (κ2) is 5.17. The van der Waals surface area contributed by atoms with Crippen LogP contribution in [-0.2, 0) is 19.1 Å². The summed E-state index contributed by atoms with van der Waals surface area (Å²) >= 11 is 0. The van der Waals surface area contributed by atoms with Crippen molar-refractivity contribution in [2.24, 2.45) is 0 Å². The van der Waals surface area contributed by atoms with Crippen LogP contribution in [0.4, 0.5) is 0 Å². The maximum atomic E-state index is 10.9. The fourth-order valence-electron chi connectivity index (χ4n) is 0.689. The predicted molar refractivity (Wildman–Crippen MR) is 45.9 cm³/mol. The highest BCUT2D eigenvalue weighted by atomic mass is 16.5. The average Bonchev–Trinajstić information content (AvgIpc) is 2.14. The number of rotatable bonds is 2. The van der Waals surface area contributed by atoms with E-state index >= 15 is 0 Å². The Balaban J connectivity index is 4.87. The molecule has 0 aromatic heterocycles. The summed E-state index contributed by atoms with van der Waals surface area (Å²) in [5.41, 5.74) is 3.05. The number of methoxy groups -OCH3 is 2. The van der Waals surface area contributed by atoms with Gasteiger partial charge < -0.3 is 9.47 Å². The Labute approximate surface area is 76.8 Å². The Hall–Kier alpha value is -1.54. The van der Waals surface area contributed by atoms with Crippen LogP contribution in [0.25, 0.3) is 0 Å². The van der Waals surface area contributed by atoms with Gasteiger partial charge in [0, 0.05) is 0 Å². The van der Waals surface area contributed by atoms with Gasteiger partial charge in [0.15, 0.2) is 0 Å². The molecular formula is C9H12O4. The molecule has 72 valence electrons. The van der Waals surface area contributed by atoms with Crippen LogP contribution in [0, 0.1) is 0 Å². The van der Waals surface area contributed by atoms with Crippen molar-refractivity contribution in [3.63, 3.8) is 0 Å². The van der Waals surface area contributed by atoms with E-state index in [4.69, 9.17) is 0 Å². The number of carbonyl (C=O) groups excluding carboxylic acids is 2.